The van der Waals surface area contributed by atoms with E-state index in [1.54, 1.807) is 13.4 Å². The summed E-state index contributed by atoms with van der Waals surface area (Å²) in [7, 11) is 1.68. The summed E-state index contributed by atoms with van der Waals surface area (Å²) in [6.07, 6.45) is 1.61. The molecule has 1 N–H and O–H groups in total. The Balaban J connectivity index is 2.03. The lowest BCUT2D eigenvalue weighted by atomic mass is 10.2. The molecule has 108 valence electrons. The smallest absolute Gasteiger partial charge is 0.146 e. The zero-order valence-corrected chi connectivity index (χ0v) is 12.6. The van der Waals surface area contributed by atoms with Crippen molar-refractivity contribution in [3.63, 3.8) is 0 Å². The molecule has 2 rings (SSSR count). The lowest BCUT2D eigenvalue weighted by molar-refractivity contribution is 0.414. The first-order valence-electron chi connectivity index (χ1n) is 6.85. The van der Waals surface area contributed by atoms with E-state index < -0.39 is 0 Å². The van der Waals surface area contributed by atoms with Crippen molar-refractivity contribution in [2.24, 2.45) is 5.92 Å². The number of benzene rings is 1. The van der Waals surface area contributed by atoms with Gasteiger partial charge in [-0.15, -0.1) is 0 Å². The monoisotopic (exact) mass is 274 g/mol. The summed E-state index contributed by atoms with van der Waals surface area (Å²) in [5.74, 6) is 2.38. The van der Waals surface area contributed by atoms with Gasteiger partial charge in [-0.25, -0.2) is 9.67 Å². The van der Waals surface area contributed by atoms with Gasteiger partial charge in [0, 0.05) is 12.2 Å². The van der Waals surface area contributed by atoms with E-state index in [1.165, 1.54) is 0 Å². The fourth-order valence-corrected chi connectivity index (χ4v) is 2.06. The quantitative estimate of drug-likeness (QED) is 0.880. The average Bonchev–Trinajstić information content (AvgIpc) is 2.83. The SMILES string of the molecule is COc1ccc(NCc2ncnn2CC(C)C)c(C)c1. The van der Waals surface area contributed by atoms with Gasteiger partial charge in [-0.3, -0.25) is 0 Å². The number of anilines is 1. The number of aryl methyl sites for hydroxylation is 1. The fraction of sp³-hybridized carbons (Fsp3) is 0.467. The second-order valence-corrected chi connectivity index (χ2v) is 5.29. The van der Waals surface area contributed by atoms with E-state index in [0.717, 1.165) is 29.4 Å². The van der Waals surface area contributed by atoms with Gasteiger partial charge in [-0.05, 0) is 36.6 Å². The lowest BCUT2D eigenvalue weighted by Gasteiger charge is -2.12. The van der Waals surface area contributed by atoms with Gasteiger partial charge in [0.1, 0.15) is 17.9 Å². The van der Waals surface area contributed by atoms with Crippen LogP contribution in [0.5, 0.6) is 5.75 Å². The van der Waals surface area contributed by atoms with Gasteiger partial charge in [0.25, 0.3) is 0 Å². The van der Waals surface area contributed by atoms with Gasteiger partial charge in [0.05, 0.1) is 13.7 Å². The minimum absolute atomic E-state index is 0.554. The summed E-state index contributed by atoms with van der Waals surface area (Å²) in [5, 5.41) is 7.67. The van der Waals surface area contributed by atoms with Crippen LogP contribution in [0.15, 0.2) is 24.5 Å². The Bertz CT molecular complexity index is 563. The van der Waals surface area contributed by atoms with Gasteiger partial charge in [0.15, 0.2) is 0 Å². The van der Waals surface area contributed by atoms with Crippen LogP contribution in [0.1, 0.15) is 25.2 Å². The minimum atomic E-state index is 0.554. The molecule has 0 radical (unpaired) electrons. The number of nitrogens with zero attached hydrogens (tertiary/aromatic N) is 3. The largest absolute Gasteiger partial charge is 0.497 e. The van der Waals surface area contributed by atoms with Crippen LogP contribution in [0.3, 0.4) is 0 Å². The Labute approximate surface area is 120 Å². The number of aromatic nitrogens is 3. The van der Waals surface area contributed by atoms with Gasteiger partial charge in [0.2, 0.25) is 0 Å². The zero-order valence-electron chi connectivity index (χ0n) is 12.6. The Morgan fingerprint density at radius 2 is 2.15 bits per heavy atom. The van der Waals surface area contributed by atoms with Crippen LogP contribution in [0.4, 0.5) is 5.69 Å². The summed E-state index contributed by atoms with van der Waals surface area (Å²) in [6.45, 7) is 7.96. The molecule has 5 nitrogen and oxygen atoms in total. The molecule has 0 bridgehead atoms. The Morgan fingerprint density at radius 1 is 1.35 bits per heavy atom. The zero-order chi connectivity index (χ0) is 14.5. The molecule has 1 aromatic carbocycles. The van der Waals surface area contributed by atoms with E-state index >= 15 is 0 Å². The van der Waals surface area contributed by atoms with Gasteiger partial charge in [-0.2, -0.15) is 5.10 Å². The number of hydrogen-bond acceptors (Lipinski definition) is 4. The maximum Gasteiger partial charge on any atom is 0.146 e. The normalized spacial score (nSPS) is 10.8. The molecule has 20 heavy (non-hydrogen) atoms. The molecular formula is C15H22N4O. The third-order valence-corrected chi connectivity index (χ3v) is 3.10. The number of nitrogens with one attached hydrogen (secondary N) is 1. The summed E-state index contributed by atoms with van der Waals surface area (Å²) >= 11 is 0. The van der Waals surface area contributed by atoms with E-state index in [0.29, 0.717) is 12.5 Å². The van der Waals surface area contributed by atoms with Crippen molar-refractivity contribution >= 4 is 5.69 Å². The summed E-state index contributed by atoms with van der Waals surface area (Å²) in [4.78, 5) is 4.31. The molecule has 0 aliphatic carbocycles. The van der Waals surface area contributed by atoms with Gasteiger partial charge >= 0.3 is 0 Å². The highest BCUT2D eigenvalue weighted by molar-refractivity contribution is 5.53. The number of rotatable bonds is 6. The topological polar surface area (TPSA) is 52.0 Å². The van der Waals surface area contributed by atoms with E-state index in [-0.39, 0.29) is 0 Å². The van der Waals surface area contributed by atoms with Crippen LogP contribution in [0.2, 0.25) is 0 Å². The molecule has 1 heterocycles. The summed E-state index contributed by atoms with van der Waals surface area (Å²) in [6, 6.07) is 5.99. The highest BCUT2D eigenvalue weighted by Gasteiger charge is 2.07. The summed E-state index contributed by atoms with van der Waals surface area (Å²) in [5.41, 5.74) is 2.24. The van der Waals surface area contributed by atoms with E-state index in [2.05, 4.69) is 36.2 Å². The van der Waals surface area contributed by atoms with Crippen LogP contribution in [-0.4, -0.2) is 21.9 Å². The van der Waals surface area contributed by atoms with Crippen LogP contribution in [0, 0.1) is 12.8 Å². The molecule has 0 unspecified atom stereocenters. The molecule has 0 spiro atoms. The van der Waals surface area contributed by atoms with Crippen LogP contribution >= 0.6 is 0 Å². The van der Waals surface area contributed by atoms with Crippen LogP contribution < -0.4 is 10.1 Å². The lowest BCUT2D eigenvalue weighted by Crippen LogP contribution is -2.13. The van der Waals surface area contributed by atoms with Crippen molar-refractivity contribution in [3.8, 4) is 5.75 Å². The standard InChI is InChI=1S/C15H22N4O/c1-11(2)9-19-15(17-10-18-19)8-16-14-6-5-13(20-4)7-12(14)3/h5-7,10-11,16H,8-9H2,1-4H3. The first kappa shape index (κ1) is 14.4. The molecular weight excluding hydrogens is 252 g/mol. The molecule has 0 amide bonds. The third kappa shape index (κ3) is 3.50. The van der Waals surface area contributed by atoms with Crippen molar-refractivity contribution in [3.05, 3.63) is 35.9 Å². The molecule has 2 aromatic rings. The van der Waals surface area contributed by atoms with Crippen molar-refractivity contribution in [2.75, 3.05) is 12.4 Å². The predicted octanol–water partition coefficient (Wildman–Crippen LogP) is 2.86. The maximum absolute atomic E-state index is 5.21. The van der Waals surface area contributed by atoms with Gasteiger partial charge in [-0.1, -0.05) is 13.8 Å². The molecule has 0 aliphatic heterocycles. The van der Waals surface area contributed by atoms with Gasteiger partial charge < -0.3 is 10.1 Å². The maximum atomic E-state index is 5.21. The van der Waals surface area contributed by atoms with Crippen molar-refractivity contribution in [1.29, 1.82) is 0 Å². The number of hydrogen-bond donors (Lipinski definition) is 1. The molecule has 0 saturated heterocycles. The Morgan fingerprint density at radius 3 is 2.80 bits per heavy atom. The van der Waals surface area contributed by atoms with Crippen molar-refractivity contribution in [1.82, 2.24) is 14.8 Å². The third-order valence-electron chi connectivity index (χ3n) is 3.10. The van der Waals surface area contributed by atoms with E-state index in [4.69, 9.17) is 4.74 Å². The first-order chi connectivity index (χ1) is 9.60. The number of ether oxygens (including phenoxy) is 1. The van der Waals surface area contributed by atoms with Crippen LogP contribution in [0.25, 0.3) is 0 Å². The average molecular weight is 274 g/mol. The fourth-order valence-electron chi connectivity index (χ4n) is 2.06. The molecule has 0 saturated carbocycles. The first-order valence-corrected chi connectivity index (χ1v) is 6.85. The summed E-state index contributed by atoms with van der Waals surface area (Å²) < 4.78 is 7.16. The van der Waals surface area contributed by atoms with Crippen molar-refractivity contribution in [2.45, 2.75) is 33.9 Å². The Hall–Kier alpha value is -2.04. The van der Waals surface area contributed by atoms with Crippen LogP contribution in [-0.2, 0) is 13.1 Å². The molecule has 0 fully saturated rings. The second kappa shape index (κ2) is 6.41. The minimum Gasteiger partial charge on any atom is -0.497 e. The highest BCUT2D eigenvalue weighted by Crippen LogP contribution is 2.21. The molecule has 5 heteroatoms. The highest BCUT2D eigenvalue weighted by atomic mass is 16.5. The second-order valence-electron chi connectivity index (χ2n) is 5.29. The molecule has 0 atom stereocenters. The predicted molar refractivity (Wildman–Crippen MR) is 79.9 cm³/mol. The van der Waals surface area contributed by atoms with Crippen molar-refractivity contribution < 1.29 is 4.74 Å². The molecule has 1 aromatic heterocycles. The van der Waals surface area contributed by atoms with E-state index in [9.17, 15) is 0 Å². The molecule has 0 aliphatic rings. The Kier molecular flexibility index (Phi) is 4.61. The number of methoxy groups -OCH3 is 1. The van der Waals surface area contributed by atoms with E-state index in [1.807, 2.05) is 22.9 Å².